The molecule has 0 spiro atoms. The van der Waals surface area contributed by atoms with Gasteiger partial charge in [0.1, 0.15) is 5.01 Å². The van der Waals surface area contributed by atoms with Crippen molar-refractivity contribution in [2.24, 2.45) is 0 Å². The largest absolute Gasteiger partial charge is 0.481 e. The molecule has 23 heavy (non-hydrogen) atoms. The molecule has 0 unspecified atom stereocenters. The summed E-state index contributed by atoms with van der Waals surface area (Å²) < 4.78 is 0.987. The topological polar surface area (TPSA) is 70.5 Å². The number of carbonyl (C=O) groups excluding carboxylic acids is 1. The SMILES string of the molecule is CN(CCCC(=O)O)C(=O)Cc1csc(-c2cccc(Br)c2)n1. The van der Waals surface area contributed by atoms with Crippen LogP contribution in [-0.4, -0.2) is 40.5 Å². The van der Waals surface area contributed by atoms with Crippen LogP contribution in [0.25, 0.3) is 10.6 Å². The first-order chi connectivity index (χ1) is 11.0. The highest BCUT2D eigenvalue weighted by Crippen LogP contribution is 2.26. The van der Waals surface area contributed by atoms with Gasteiger partial charge in [-0.3, -0.25) is 9.59 Å². The molecule has 0 aliphatic rings. The molecule has 2 aromatic rings. The lowest BCUT2D eigenvalue weighted by Crippen LogP contribution is -2.29. The highest BCUT2D eigenvalue weighted by atomic mass is 79.9. The Labute approximate surface area is 147 Å². The van der Waals surface area contributed by atoms with E-state index >= 15 is 0 Å². The Morgan fingerprint density at radius 3 is 2.87 bits per heavy atom. The van der Waals surface area contributed by atoms with Gasteiger partial charge >= 0.3 is 5.97 Å². The Morgan fingerprint density at radius 1 is 1.39 bits per heavy atom. The lowest BCUT2D eigenvalue weighted by atomic mass is 10.2. The number of aliphatic carboxylic acids is 1. The van der Waals surface area contributed by atoms with Gasteiger partial charge in [0.05, 0.1) is 12.1 Å². The van der Waals surface area contributed by atoms with Crippen LogP contribution in [0.5, 0.6) is 0 Å². The lowest BCUT2D eigenvalue weighted by Gasteiger charge is -2.15. The van der Waals surface area contributed by atoms with Crippen molar-refractivity contribution >= 4 is 39.1 Å². The van der Waals surface area contributed by atoms with Crippen molar-refractivity contribution in [2.45, 2.75) is 19.3 Å². The van der Waals surface area contributed by atoms with E-state index < -0.39 is 5.97 Å². The molecule has 0 saturated heterocycles. The number of likely N-dealkylation sites (N-methyl/N-ethyl adjacent to an activating group) is 1. The molecule has 1 N–H and O–H groups in total. The number of hydrogen-bond acceptors (Lipinski definition) is 4. The van der Waals surface area contributed by atoms with Gasteiger partial charge in [0.2, 0.25) is 5.91 Å². The second-order valence-corrected chi connectivity index (χ2v) is 6.92. The van der Waals surface area contributed by atoms with Crippen LogP contribution in [0, 0.1) is 0 Å². The first-order valence-corrected chi connectivity index (χ1v) is 8.79. The third-order valence-corrected chi connectivity index (χ3v) is 4.70. The predicted octanol–water partition coefficient (Wildman–Crippen LogP) is 3.44. The van der Waals surface area contributed by atoms with Crippen LogP contribution in [0.1, 0.15) is 18.5 Å². The standard InChI is InChI=1S/C16H17BrN2O3S/c1-19(7-3-6-15(21)22)14(20)9-13-10-23-16(18-13)11-4-2-5-12(17)8-11/h2,4-5,8,10H,3,6-7,9H2,1H3,(H,21,22). The number of hydrogen-bond donors (Lipinski definition) is 1. The van der Waals surface area contributed by atoms with E-state index in [1.54, 1.807) is 11.9 Å². The van der Waals surface area contributed by atoms with Crippen molar-refractivity contribution in [3.05, 3.63) is 39.8 Å². The van der Waals surface area contributed by atoms with Gasteiger partial charge < -0.3 is 10.0 Å². The van der Waals surface area contributed by atoms with Crippen LogP contribution in [0.2, 0.25) is 0 Å². The van der Waals surface area contributed by atoms with E-state index in [0.29, 0.717) is 13.0 Å². The molecule has 122 valence electrons. The smallest absolute Gasteiger partial charge is 0.303 e. The molecule has 0 aliphatic carbocycles. The van der Waals surface area contributed by atoms with Gasteiger partial charge in [-0.2, -0.15) is 0 Å². The summed E-state index contributed by atoms with van der Waals surface area (Å²) in [6.45, 7) is 0.438. The fourth-order valence-corrected chi connectivity index (χ4v) is 3.24. The number of halogens is 1. The Bertz CT molecular complexity index is 702. The molecule has 0 radical (unpaired) electrons. The molecular formula is C16H17BrN2O3S. The van der Waals surface area contributed by atoms with Gasteiger partial charge in [0, 0.05) is 35.4 Å². The zero-order valence-corrected chi connectivity index (χ0v) is 15.1. The summed E-state index contributed by atoms with van der Waals surface area (Å²) in [5.41, 5.74) is 1.75. The zero-order chi connectivity index (χ0) is 16.8. The molecule has 0 saturated carbocycles. The van der Waals surface area contributed by atoms with Gasteiger partial charge in [-0.25, -0.2) is 4.98 Å². The number of carbonyl (C=O) groups is 2. The van der Waals surface area contributed by atoms with E-state index in [1.807, 2.05) is 29.6 Å². The molecular weight excluding hydrogens is 380 g/mol. The van der Waals surface area contributed by atoms with Crippen LogP contribution >= 0.6 is 27.3 Å². The fourth-order valence-electron chi connectivity index (χ4n) is 2.02. The van der Waals surface area contributed by atoms with E-state index in [2.05, 4.69) is 20.9 Å². The van der Waals surface area contributed by atoms with Crippen LogP contribution in [-0.2, 0) is 16.0 Å². The van der Waals surface area contributed by atoms with Gasteiger partial charge in [0.25, 0.3) is 0 Å². The van der Waals surface area contributed by atoms with Crippen molar-refractivity contribution in [2.75, 3.05) is 13.6 Å². The maximum absolute atomic E-state index is 12.1. The first kappa shape index (κ1) is 17.6. The normalized spacial score (nSPS) is 10.5. The zero-order valence-electron chi connectivity index (χ0n) is 12.7. The molecule has 0 fully saturated rings. The second-order valence-electron chi connectivity index (χ2n) is 5.14. The van der Waals surface area contributed by atoms with E-state index in [-0.39, 0.29) is 18.7 Å². The minimum absolute atomic E-state index is 0.0542. The molecule has 1 heterocycles. The summed E-state index contributed by atoms with van der Waals surface area (Å²) in [4.78, 5) is 28.7. The molecule has 2 rings (SSSR count). The van der Waals surface area contributed by atoms with Crippen molar-refractivity contribution in [3.8, 4) is 10.6 Å². The molecule has 1 amide bonds. The molecule has 0 aliphatic heterocycles. The number of carboxylic acids is 1. The second kappa shape index (κ2) is 8.21. The quantitative estimate of drug-likeness (QED) is 0.777. The number of carboxylic acid groups (broad SMARTS) is 1. The number of aromatic nitrogens is 1. The van der Waals surface area contributed by atoms with E-state index in [1.165, 1.54) is 11.3 Å². The predicted molar refractivity (Wildman–Crippen MR) is 93.5 cm³/mol. The molecule has 0 bridgehead atoms. The van der Waals surface area contributed by atoms with Gasteiger partial charge in [-0.1, -0.05) is 28.1 Å². The third kappa shape index (κ3) is 5.44. The fraction of sp³-hybridized carbons (Fsp3) is 0.312. The summed E-state index contributed by atoms with van der Waals surface area (Å²) in [6.07, 6.45) is 0.757. The monoisotopic (exact) mass is 396 g/mol. The average Bonchev–Trinajstić information content (AvgIpc) is 2.95. The van der Waals surface area contributed by atoms with Gasteiger partial charge in [-0.15, -0.1) is 11.3 Å². The third-order valence-electron chi connectivity index (χ3n) is 3.27. The van der Waals surface area contributed by atoms with Crippen molar-refractivity contribution < 1.29 is 14.7 Å². The summed E-state index contributed by atoms with van der Waals surface area (Å²) in [5, 5.41) is 11.4. The molecule has 1 aromatic heterocycles. The van der Waals surface area contributed by atoms with Gasteiger partial charge in [0.15, 0.2) is 0 Å². The number of amides is 1. The number of rotatable bonds is 7. The maximum atomic E-state index is 12.1. The maximum Gasteiger partial charge on any atom is 0.303 e. The lowest BCUT2D eigenvalue weighted by molar-refractivity contribution is -0.138. The average molecular weight is 397 g/mol. The number of nitrogens with zero attached hydrogens (tertiary/aromatic N) is 2. The van der Waals surface area contributed by atoms with E-state index in [0.717, 1.165) is 20.7 Å². The molecule has 1 aromatic carbocycles. The van der Waals surface area contributed by atoms with E-state index in [9.17, 15) is 9.59 Å². The van der Waals surface area contributed by atoms with Crippen LogP contribution in [0.4, 0.5) is 0 Å². The minimum atomic E-state index is -0.844. The molecule has 7 heteroatoms. The van der Waals surface area contributed by atoms with Crippen molar-refractivity contribution in [3.63, 3.8) is 0 Å². The van der Waals surface area contributed by atoms with Crippen molar-refractivity contribution in [1.29, 1.82) is 0 Å². The summed E-state index contributed by atoms with van der Waals surface area (Å²) in [6, 6.07) is 7.87. The Morgan fingerprint density at radius 2 is 2.17 bits per heavy atom. The van der Waals surface area contributed by atoms with E-state index in [4.69, 9.17) is 5.11 Å². The Hall–Kier alpha value is -1.73. The number of benzene rings is 1. The van der Waals surface area contributed by atoms with Gasteiger partial charge in [-0.05, 0) is 18.6 Å². The molecule has 0 atom stereocenters. The summed E-state index contributed by atoms with van der Waals surface area (Å²) in [5.74, 6) is -0.898. The highest BCUT2D eigenvalue weighted by molar-refractivity contribution is 9.10. The summed E-state index contributed by atoms with van der Waals surface area (Å²) >= 11 is 4.94. The highest BCUT2D eigenvalue weighted by Gasteiger charge is 2.13. The number of thiazole rings is 1. The first-order valence-electron chi connectivity index (χ1n) is 7.12. The molecule has 5 nitrogen and oxygen atoms in total. The van der Waals surface area contributed by atoms with Crippen LogP contribution < -0.4 is 0 Å². The van der Waals surface area contributed by atoms with Crippen molar-refractivity contribution in [1.82, 2.24) is 9.88 Å². The minimum Gasteiger partial charge on any atom is -0.481 e. The van der Waals surface area contributed by atoms with Crippen LogP contribution in [0.3, 0.4) is 0 Å². The Balaban J connectivity index is 1.93. The van der Waals surface area contributed by atoms with Crippen LogP contribution in [0.15, 0.2) is 34.1 Å². The summed E-state index contributed by atoms with van der Waals surface area (Å²) in [7, 11) is 1.69. The Kier molecular flexibility index (Phi) is 6.29.